The first-order valence-corrected chi connectivity index (χ1v) is 7.22. The van der Waals surface area contributed by atoms with Crippen LogP contribution in [-0.2, 0) is 12.8 Å². The van der Waals surface area contributed by atoms with Crippen molar-refractivity contribution in [2.24, 2.45) is 5.92 Å². The molecule has 0 atom stereocenters. The lowest BCUT2D eigenvalue weighted by Gasteiger charge is -1.99. The van der Waals surface area contributed by atoms with Gasteiger partial charge in [0.15, 0.2) is 0 Å². The van der Waals surface area contributed by atoms with Crippen LogP contribution in [0.3, 0.4) is 0 Å². The van der Waals surface area contributed by atoms with E-state index in [0.717, 1.165) is 25.4 Å². The largest absolute Gasteiger partial charge is 0.317 e. The highest BCUT2D eigenvalue weighted by Crippen LogP contribution is 2.33. The number of hydrogen-bond acceptors (Lipinski definition) is 4. The maximum atomic E-state index is 4.26. The summed E-state index contributed by atoms with van der Waals surface area (Å²) in [7, 11) is 0. The SMILES string of the molecule is CCCNCCCc1nnc(CC2CC2)s1. The predicted molar refractivity (Wildman–Crippen MR) is 67.8 cm³/mol. The zero-order valence-electron chi connectivity index (χ0n) is 10.0. The summed E-state index contributed by atoms with van der Waals surface area (Å²) < 4.78 is 0. The van der Waals surface area contributed by atoms with Gasteiger partial charge >= 0.3 is 0 Å². The molecule has 1 saturated carbocycles. The van der Waals surface area contributed by atoms with Crippen molar-refractivity contribution in [3.8, 4) is 0 Å². The molecule has 1 heterocycles. The second-order valence-corrected chi connectivity index (χ2v) is 5.74. The molecule has 0 unspecified atom stereocenters. The molecule has 1 N–H and O–H groups in total. The molecule has 0 bridgehead atoms. The summed E-state index contributed by atoms with van der Waals surface area (Å²) in [5.74, 6) is 0.923. The Morgan fingerprint density at radius 2 is 2.06 bits per heavy atom. The molecule has 1 aromatic heterocycles. The van der Waals surface area contributed by atoms with E-state index in [-0.39, 0.29) is 0 Å². The summed E-state index contributed by atoms with van der Waals surface area (Å²) >= 11 is 1.81. The average molecular weight is 239 g/mol. The van der Waals surface area contributed by atoms with Crippen LogP contribution in [0.1, 0.15) is 42.6 Å². The zero-order valence-corrected chi connectivity index (χ0v) is 10.9. The lowest BCUT2D eigenvalue weighted by molar-refractivity contribution is 0.637. The van der Waals surface area contributed by atoms with Gasteiger partial charge in [-0.15, -0.1) is 21.5 Å². The Hall–Kier alpha value is -0.480. The van der Waals surface area contributed by atoms with Crippen LogP contribution >= 0.6 is 11.3 Å². The number of rotatable bonds is 8. The van der Waals surface area contributed by atoms with Crippen molar-refractivity contribution in [1.29, 1.82) is 0 Å². The van der Waals surface area contributed by atoms with E-state index in [1.54, 1.807) is 0 Å². The molecule has 1 aliphatic rings. The second-order valence-electron chi connectivity index (χ2n) is 4.59. The van der Waals surface area contributed by atoms with Gasteiger partial charge in [0.25, 0.3) is 0 Å². The highest BCUT2D eigenvalue weighted by atomic mass is 32.1. The minimum absolute atomic E-state index is 0.923. The van der Waals surface area contributed by atoms with Crippen LogP contribution in [0.5, 0.6) is 0 Å². The molecule has 0 radical (unpaired) electrons. The summed E-state index contributed by atoms with van der Waals surface area (Å²) in [4.78, 5) is 0. The predicted octanol–water partition coefficient (Wildman–Crippen LogP) is 2.42. The monoisotopic (exact) mass is 239 g/mol. The van der Waals surface area contributed by atoms with Crippen molar-refractivity contribution in [1.82, 2.24) is 15.5 Å². The van der Waals surface area contributed by atoms with Gasteiger partial charge in [-0.1, -0.05) is 6.92 Å². The first kappa shape index (κ1) is 12.0. The van der Waals surface area contributed by atoms with Crippen molar-refractivity contribution < 1.29 is 0 Å². The Morgan fingerprint density at radius 3 is 2.81 bits per heavy atom. The molecule has 90 valence electrons. The van der Waals surface area contributed by atoms with Gasteiger partial charge in [0.1, 0.15) is 10.0 Å². The van der Waals surface area contributed by atoms with Crippen LogP contribution in [-0.4, -0.2) is 23.3 Å². The Morgan fingerprint density at radius 1 is 1.25 bits per heavy atom. The van der Waals surface area contributed by atoms with Gasteiger partial charge in [0, 0.05) is 12.8 Å². The molecule has 0 aromatic carbocycles. The molecule has 0 spiro atoms. The fraction of sp³-hybridized carbons (Fsp3) is 0.833. The fourth-order valence-corrected chi connectivity index (χ4v) is 2.71. The molecule has 1 fully saturated rings. The van der Waals surface area contributed by atoms with Crippen LogP contribution in [0.4, 0.5) is 0 Å². The Balaban J connectivity index is 1.62. The van der Waals surface area contributed by atoms with Gasteiger partial charge in [-0.25, -0.2) is 0 Å². The molecule has 0 aliphatic heterocycles. The average Bonchev–Trinajstić information content (AvgIpc) is 2.98. The quantitative estimate of drug-likeness (QED) is 0.708. The highest BCUT2D eigenvalue weighted by molar-refractivity contribution is 7.11. The molecule has 1 aromatic rings. The smallest absolute Gasteiger partial charge is 0.117 e. The van der Waals surface area contributed by atoms with Gasteiger partial charge in [0.05, 0.1) is 0 Å². The fourth-order valence-electron chi connectivity index (χ4n) is 1.71. The van der Waals surface area contributed by atoms with Crippen molar-refractivity contribution in [2.75, 3.05) is 13.1 Å². The molecule has 1 aliphatic carbocycles. The summed E-state index contributed by atoms with van der Waals surface area (Å²) in [5.41, 5.74) is 0. The van der Waals surface area contributed by atoms with Crippen LogP contribution in [0, 0.1) is 5.92 Å². The first-order chi connectivity index (χ1) is 7.88. The van der Waals surface area contributed by atoms with Gasteiger partial charge in [0.2, 0.25) is 0 Å². The molecule has 2 rings (SSSR count). The third kappa shape index (κ3) is 4.18. The highest BCUT2D eigenvalue weighted by Gasteiger charge is 2.23. The van der Waals surface area contributed by atoms with Crippen LogP contribution in [0.25, 0.3) is 0 Å². The maximum absolute atomic E-state index is 4.26. The van der Waals surface area contributed by atoms with Gasteiger partial charge in [-0.3, -0.25) is 0 Å². The molecule has 4 heteroatoms. The Labute approximate surface area is 102 Å². The lowest BCUT2D eigenvalue weighted by atomic mass is 10.3. The van der Waals surface area contributed by atoms with Crippen molar-refractivity contribution in [3.05, 3.63) is 10.0 Å². The van der Waals surface area contributed by atoms with Gasteiger partial charge in [-0.2, -0.15) is 0 Å². The molecule has 16 heavy (non-hydrogen) atoms. The molecule has 0 saturated heterocycles. The molecule has 0 amide bonds. The lowest BCUT2D eigenvalue weighted by Crippen LogP contribution is -2.16. The Kier molecular flexibility index (Phi) is 4.72. The summed E-state index contributed by atoms with van der Waals surface area (Å²) in [6.07, 6.45) is 7.44. The molecular formula is C12H21N3S. The van der Waals surface area contributed by atoms with E-state index < -0.39 is 0 Å². The number of aromatic nitrogens is 2. The molecule has 3 nitrogen and oxygen atoms in total. The van der Waals surface area contributed by atoms with Crippen molar-refractivity contribution >= 4 is 11.3 Å². The van der Waals surface area contributed by atoms with E-state index in [4.69, 9.17) is 0 Å². The second kappa shape index (κ2) is 6.30. The van der Waals surface area contributed by atoms with E-state index in [9.17, 15) is 0 Å². The zero-order chi connectivity index (χ0) is 11.2. The van der Waals surface area contributed by atoms with Gasteiger partial charge < -0.3 is 5.32 Å². The maximum Gasteiger partial charge on any atom is 0.117 e. The first-order valence-electron chi connectivity index (χ1n) is 6.40. The molecular weight excluding hydrogens is 218 g/mol. The van der Waals surface area contributed by atoms with Crippen LogP contribution in [0.15, 0.2) is 0 Å². The normalized spacial score (nSPS) is 15.6. The van der Waals surface area contributed by atoms with Gasteiger partial charge in [-0.05, 0) is 44.7 Å². The summed E-state index contributed by atoms with van der Waals surface area (Å²) in [5, 5.41) is 14.4. The van der Waals surface area contributed by atoms with E-state index in [0.29, 0.717) is 0 Å². The standard InChI is InChI=1S/C12H21N3S/c1-2-7-13-8-3-4-11-14-15-12(16-11)9-10-5-6-10/h10,13H,2-9H2,1H3. The van der Waals surface area contributed by atoms with Crippen molar-refractivity contribution in [3.63, 3.8) is 0 Å². The topological polar surface area (TPSA) is 37.8 Å². The number of hydrogen-bond donors (Lipinski definition) is 1. The number of nitrogens with one attached hydrogen (secondary N) is 1. The van der Waals surface area contributed by atoms with Crippen molar-refractivity contribution in [2.45, 2.75) is 45.4 Å². The number of nitrogens with zero attached hydrogens (tertiary/aromatic N) is 2. The number of aryl methyl sites for hydroxylation is 1. The van der Waals surface area contributed by atoms with E-state index in [2.05, 4.69) is 22.4 Å². The summed E-state index contributed by atoms with van der Waals surface area (Å²) in [6, 6.07) is 0. The minimum Gasteiger partial charge on any atom is -0.317 e. The van der Waals surface area contributed by atoms with E-state index >= 15 is 0 Å². The van der Waals surface area contributed by atoms with E-state index in [1.165, 1.54) is 42.1 Å². The van der Waals surface area contributed by atoms with Crippen LogP contribution < -0.4 is 5.32 Å². The third-order valence-electron chi connectivity index (χ3n) is 2.84. The van der Waals surface area contributed by atoms with Crippen LogP contribution in [0.2, 0.25) is 0 Å². The van der Waals surface area contributed by atoms with E-state index in [1.807, 2.05) is 11.3 Å². The Bertz CT molecular complexity index is 307. The minimum atomic E-state index is 0.923. The summed E-state index contributed by atoms with van der Waals surface area (Å²) in [6.45, 7) is 4.43. The third-order valence-corrected chi connectivity index (χ3v) is 3.85.